The third-order valence-corrected chi connectivity index (χ3v) is 8.93. The Kier molecular flexibility index (Phi) is 10.7. The van der Waals surface area contributed by atoms with Crippen LogP contribution < -0.4 is 5.32 Å². The minimum absolute atomic E-state index is 0.0303. The largest absolute Gasteiger partial charge is 0.392 e. The second-order valence-electron chi connectivity index (χ2n) is 12.3. The molecule has 6 nitrogen and oxygen atoms in total. The second-order valence-corrected chi connectivity index (χ2v) is 12.3. The van der Waals surface area contributed by atoms with Gasteiger partial charge in [-0.1, -0.05) is 98.1 Å². The summed E-state index contributed by atoms with van der Waals surface area (Å²) in [6.07, 6.45) is 6.70. The van der Waals surface area contributed by atoms with Crippen LogP contribution in [0.25, 0.3) is 11.1 Å². The van der Waals surface area contributed by atoms with Gasteiger partial charge in [0.2, 0.25) is 0 Å². The number of carbonyl (C=O) groups excluding carboxylic acids is 1. The maximum absolute atomic E-state index is 12.6. The van der Waals surface area contributed by atoms with Gasteiger partial charge in [-0.15, -0.1) is 0 Å². The monoisotopic (exact) mass is 604 g/mol. The number of aliphatic hydroxyl groups is 1. The van der Waals surface area contributed by atoms with Crippen molar-refractivity contribution in [2.75, 3.05) is 19.6 Å². The smallest absolute Gasteiger partial charge is 0.251 e. The molecule has 2 aliphatic rings. The number of nitrogens with one attached hydrogen (secondary N) is 1. The van der Waals surface area contributed by atoms with Crippen LogP contribution in [0.1, 0.15) is 83.5 Å². The van der Waals surface area contributed by atoms with E-state index in [-0.39, 0.29) is 24.7 Å². The number of likely N-dealkylation sites (tertiary alicyclic amines) is 1. The number of carbonyl (C=O) groups is 1. The van der Waals surface area contributed by atoms with Crippen LogP contribution >= 0.6 is 0 Å². The van der Waals surface area contributed by atoms with Gasteiger partial charge in [0.15, 0.2) is 6.29 Å². The van der Waals surface area contributed by atoms with Gasteiger partial charge in [0, 0.05) is 30.6 Å². The number of hydrogen-bond donors (Lipinski definition) is 2. The molecule has 0 spiro atoms. The molecule has 3 unspecified atom stereocenters. The van der Waals surface area contributed by atoms with Crippen molar-refractivity contribution < 1.29 is 19.4 Å². The summed E-state index contributed by atoms with van der Waals surface area (Å²) >= 11 is 0. The van der Waals surface area contributed by atoms with E-state index in [1.165, 1.54) is 32.1 Å². The van der Waals surface area contributed by atoms with Crippen LogP contribution in [0.15, 0.2) is 103 Å². The summed E-state index contributed by atoms with van der Waals surface area (Å²) in [4.78, 5) is 15.2. The van der Waals surface area contributed by atoms with E-state index in [4.69, 9.17) is 9.47 Å². The molecule has 2 fully saturated rings. The van der Waals surface area contributed by atoms with Gasteiger partial charge in [-0.05, 0) is 78.0 Å². The zero-order valence-corrected chi connectivity index (χ0v) is 25.9. The van der Waals surface area contributed by atoms with E-state index in [9.17, 15) is 9.90 Å². The summed E-state index contributed by atoms with van der Waals surface area (Å²) in [6.45, 7) is 3.63. The molecule has 4 aromatic carbocycles. The minimum atomic E-state index is -0.491. The lowest BCUT2D eigenvalue weighted by Crippen LogP contribution is -2.40. The molecule has 0 aromatic heterocycles. The van der Waals surface area contributed by atoms with Crippen molar-refractivity contribution in [2.24, 2.45) is 0 Å². The number of amides is 1. The Morgan fingerprint density at radius 2 is 1.44 bits per heavy atom. The highest BCUT2D eigenvalue weighted by Gasteiger charge is 2.33. The average Bonchev–Trinajstić information content (AvgIpc) is 3.09. The molecule has 234 valence electrons. The van der Waals surface area contributed by atoms with Gasteiger partial charge in [-0.3, -0.25) is 4.79 Å². The summed E-state index contributed by atoms with van der Waals surface area (Å²) in [5, 5.41) is 12.6. The van der Waals surface area contributed by atoms with Crippen LogP contribution in [-0.4, -0.2) is 41.7 Å². The normalized spacial score (nSPS) is 21.0. The Labute approximate surface area is 267 Å². The fraction of sp³-hybridized carbons (Fsp3) is 0.359. The molecule has 0 saturated carbocycles. The van der Waals surface area contributed by atoms with Crippen molar-refractivity contribution in [1.82, 2.24) is 10.2 Å². The third kappa shape index (κ3) is 8.47. The number of hydrogen-bond acceptors (Lipinski definition) is 5. The highest BCUT2D eigenvalue weighted by atomic mass is 16.7. The van der Waals surface area contributed by atoms with Gasteiger partial charge in [0.25, 0.3) is 5.91 Å². The van der Waals surface area contributed by atoms with Crippen LogP contribution in [0.5, 0.6) is 0 Å². The van der Waals surface area contributed by atoms with Crippen LogP contribution in [0, 0.1) is 0 Å². The first-order valence-corrected chi connectivity index (χ1v) is 16.4. The fourth-order valence-electron chi connectivity index (χ4n) is 6.42. The number of benzene rings is 4. The first-order chi connectivity index (χ1) is 22.1. The van der Waals surface area contributed by atoms with Gasteiger partial charge in [-0.25, -0.2) is 0 Å². The molecule has 4 aromatic rings. The molecule has 2 heterocycles. The Morgan fingerprint density at radius 3 is 2.20 bits per heavy atom. The summed E-state index contributed by atoms with van der Waals surface area (Å²) in [7, 11) is 0. The SMILES string of the molecule is O=C(NCc1cccc(-c2cccc(C3OC(CN4CCCCCCC4)CC(c4ccc(CO)cc4)O3)c2)c1)c1ccccc1. The molecule has 3 atom stereocenters. The summed E-state index contributed by atoms with van der Waals surface area (Å²) in [5.41, 5.74) is 6.84. The van der Waals surface area contributed by atoms with Crippen LogP contribution in [0.2, 0.25) is 0 Å². The van der Waals surface area contributed by atoms with E-state index in [0.717, 1.165) is 59.4 Å². The quantitative estimate of drug-likeness (QED) is 0.206. The number of aliphatic hydroxyl groups excluding tert-OH is 1. The van der Waals surface area contributed by atoms with Crippen molar-refractivity contribution in [3.05, 3.63) is 131 Å². The van der Waals surface area contributed by atoms with Crippen LogP contribution in [-0.2, 0) is 22.6 Å². The molecule has 0 bridgehead atoms. The van der Waals surface area contributed by atoms with Crippen molar-refractivity contribution in [2.45, 2.75) is 70.2 Å². The highest BCUT2D eigenvalue weighted by molar-refractivity contribution is 5.94. The molecule has 2 N–H and O–H groups in total. The van der Waals surface area contributed by atoms with E-state index >= 15 is 0 Å². The van der Waals surface area contributed by atoms with Crippen molar-refractivity contribution in [1.29, 1.82) is 0 Å². The first-order valence-electron chi connectivity index (χ1n) is 16.4. The Balaban J connectivity index is 1.19. The number of ether oxygens (including phenoxy) is 2. The molecule has 2 aliphatic heterocycles. The minimum Gasteiger partial charge on any atom is -0.392 e. The van der Waals surface area contributed by atoms with Crippen molar-refractivity contribution >= 4 is 5.91 Å². The van der Waals surface area contributed by atoms with E-state index < -0.39 is 6.29 Å². The molecule has 1 amide bonds. The van der Waals surface area contributed by atoms with E-state index in [2.05, 4.69) is 58.7 Å². The molecule has 0 radical (unpaired) electrons. The van der Waals surface area contributed by atoms with Crippen LogP contribution in [0.3, 0.4) is 0 Å². The van der Waals surface area contributed by atoms with Crippen molar-refractivity contribution in [3.8, 4) is 11.1 Å². The Bertz CT molecular complexity index is 1520. The molecule has 6 heteroatoms. The molecular formula is C39H44N2O4. The van der Waals surface area contributed by atoms with Gasteiger partial charge in [0.1, 0.15) is 0 Å². The predicted octanol–water partition coefficient (Wildman–Crippen LogP) is 7.59. The standard InChI is InChI=1S/C39H44N2O4/c42-28-29-17-19-31(20-18-29)37-25-36(27-41-21-7-2-1-3-8-22-41)44-39(45-37)35-16-10-15-34(24-35)33-14-9-11-30(23-33)26-40-38(43)32-12-5-4-6-13-32/h4-6,9-20,23-24,36-37,39,42H,1-3,7-8,21-22,25-28H2,(H,40,43). The molecule has 45 heavy (non-hydrogen) atoms. The van der Waals surface area contributed by atoms with Crippen molar-refractivity contribution in [3.63, 3.8) is 0 Å². The van der Waals surface area contributed by atoms with E-state index in [1.807, 2.05) is 54.6 Å². The summed E-state index contributed by atoms with van der Waals surface area (Å²) in [6, 6.07) is 34.1. The third-order valence-electron chi connectivity index (χ3n) is 8.93. The van der Waals surface area contributed by atoms with E-state index in [0.29, 0.717) is 12.1 Å². The molecule has 0 aliphatic carbocycles. The maximum atomic E-state index is 12.6. The number of rotatable bonds is 9. The van der Waals surface area contributed by atoms with E-state index in [1.54, 1.807) is 0 Å². The first kappa shape index (κ1) is 31.2. The summed E-state index contributed by atoms with van der Waals surface area (Å²) in [5.74, 6) is -0.0829. The lowest BCUT2D eigenvalue weighted by Gasteiger charge is -2.39. The van der Waals surface area contributed by atoms with Gasteiger partial charge >= 0.3 is 0 Å². The Morgan fingerprint density at radius 1 is 0.733 bits per heavy atom. The number of nitrogens with zero attached hydrogens (tertiary/aromatic N) is 1. The lowest BCUT2D eigenvalue weighted by atomic mass is 9.98. The van der Waals surface area contributed by atoms with Gasteiger partial charge in [-0.2, -0.15) is 0 Å². The fourth-order valence-corrected chi connectivity index (χ4v) is 6.42. The molecule has 6 rings (SSSR count). The predicted molar refractivity (Wildman–Crippen MR) is 177 cm³/mol. The van der Waals surface area contributed by atoms with Gasteiger partial charge in [0.05, 0.1) is 18.8 Å². The zero-order valence-electron chi connectivity index (χ0n) is 25.9. The van der Waals surface area contributed by atoms with Gasteiger partial charge < -0.3 is 24.8 Å². The summed E-state index contributed by atoms with van der Waals surface area (Å²) < 4.78 is 13.4. The average molecular weight is 605 g/mol. The zero-order chi connectivity index (χ0) is 30.8. The van der Waals surface area contributed by atoms with Crippen LogP contribution in [0.4, 0.5) is 0 Å². The molecule has 2 saturated heterocycles. The maximum Gasteiger partial charge on any atom is 0.251 e. The highest BCUT2D eigenvalue weighted by Crippen LogP contribution is 2.39. The lowest BCUT2D eigenvalue weighted by molar-refractivity contribution is -0.253. The molecular weight excluding hydrogens is 560 g/mol. The second kappa shape index (κ2) is 15.5. The Hall–Kier alpha value is -3.81. The topological polar surface area (TPSA) is 71.0 Å².